The third-order valence-corrected chi connectivity index (χ3v) is 5.53. The molecule has 1 aromatic carbocycles. The highest BCUT2D eigenvalue weighted by Gasteiger charge is 2.33. The van der Waals surface area contributed by atoms with Crippen molar-refractivity contribution in [3.05, 3.63) is 41.5 Å². The molecule has 0 aliphatic carbocycles. The molecule has 2 aliphatic heterocycles. The second kappa shape index (κ2) is 8.54. The largest absolute Gasteiger partial charge is 0.442 e. The van der Waals surface area contributed by atoms with Gasteiger partial charge in [-0.15, -0.1) is 0 Å². The Morgan fingerprint density at radius 3 is 2.90 bits per heavy atom. The Kier molecular flexibility index (Phi) is 5.81. The zero-order valence-corrected chi connectivity index (χ0v) is 17.5. The number of hydrogen-bond donors (Lipinski definition) is 2. The molecule has 2 atom stereocenters. The van der Waals surface area contributed by atoms with Gasteiger partial charge in [-0.05, 0) is 24.6 Å². The minimum atomic E-state index is -0.563. The van der Waals surface area contributed by atoms with E-state index < -0.39 is 24.1 Å². The number of ether oxygens (including phenoxy) is 1. The maximum Gasteiger partial charge on any atom is 0.414 e. The lowest BCUT2D eigenvalue weighted by molar-refractivity contribution is -0.119. The third kappa shape index (κ3) is 4.48. The number of cyclic esters (lactones) is 1. The highest BCUT2D eigenvalue weighted by atomic mass is 19.1. The Hall–Kier alpha value is -3.14. The first-order chi connectivity index (χ1) is 14.8. The van der Waals surface area contributed by atoms with Crippen LogP contribution >= 0.6 is 0 Å². The molecule has 2 aromatic rings. The van der Waals surface area contributed by atoms with E-state index in [4.69, 9.17) is 4.74 Å². The Bertz CT molecular complexity index is 971. The van der Waals surface area contributed by atoms with Gasteiger partial charge in [0.1, 0.15) is 11.9 Å². The van der Waals surface area contributed by atoms with E-state index in [1.165, 1.54) is 17.9 Å². The van der Waals surface area contributed by atoms with Gasteiger partial charge >= 0.3 is 6.09 Å². The first-order valence-corrected chi connectivity index (χ1v) is 10.3. The van der Waals surface area contributed by atoms with Gasteiger partial charge in [-0.3, -0.25) is 14.4 Å². The molecule has 0 radical (unpaired) electrons. The van der Waals surface area contributed by atoms with Crippen molar-refractivity contribution < 1.29 is 23.8 Å². The van der Waals surface area contributed by atoms with Crippen LogP contribution in [0.3, 0.4) is 0 Å². The van der Waals surface area contributed by atoms with Gasteiger partial charge < -0.3 is 20.1 Å². The number of benzene rings is 1. The average Bonchev–Trinajstić information content (AvgIpc) is 3.39. The summed E-state index contributed by atoms with van der Waals surface area (Å²) in [6, 6.07) is 4.67. The monoisotopic (exact) mass is 431 g/mol. The van der Waals surface area contributed by atoms with Crippen LogP contribution in [0, 0.1) is 5.82 Å². The molecule has 0 saturated carbocycles. The number of aliphatic hydroxyl groups is 1. The number of fused-ring (bicyclic) bond motifs is 1. The van der Waals surface area contributed by atoms with Gasteiger partial charge in [0.05, 0.1) is 49.4 Å². The molecule has 1 saturated heterocycles. The van der Waals surface area contributed by atoms with E-state index >= 15 is 0 Å². The molecule has 0 bridgehead atoms. The molecule has 31 heavy (non-hydrogen) atoms. The number of anilines is 2. The molecule has 10 heteroatoms. The first kappa shape index (κ1) is 21.1. The van der Waals surface area contributed by atoms with Gasteiger partial charge in [-0.25, -0.2) is 9.18 Å². The molecule has 166 valence electrons. The lowest BCUT2D eigenvalue weighted by Gasteiger charge is -2.21. The number of rotatable bonds is 7. The summed E-state index contributed by atoms with van der Waals surface area (Å²) in [5, 5.41) is 16.9. The van der Waals surface area contributed by atoms with E-state index in [0.29, 0.717) is 37.4 Å². The zero-order valence-electron chi connectivity index (χ0n) is 17.5. The van der Waals surface area contributed by atoms with E-state index in [-0.39, 0.29) is 19.0 Å². The van der Waals surface area contributed by atoms with Crippen LogP contribution < -0.4 is 15.1 Å². The first-order valence-electron chi connectivity index (χ1n) is 10.3. The van der Waals surface area contributed by atoms with Gasteiger partial charge in [0, 0.05) is 25.2 Å². The molecule has 2 N–H and O–H groups in total. The lowest BCUT2D eigenvalue weighted by Crippen LogP contribution is -2.33. The number of aliphatic hydroxyl groups excluding tert-OH is 1. The summed E-state index contributed by atoms with van der Waals surface area (Å²) < 4.78 is 21.9. The van der Waals surface area contributed by atoms with Gasteiger partial charge in [0.15, 0.2) is 0 Å². The highest BCUT2D eigenvalue weighted by Crippen LogP contribution is 2.32. The van der Waals surface area contributed by atoms with Crippen LogP contribution in [-0.2, 0) is 29.2 Å². The molecule has 0 spiro atoms. The van der Waals surface area contributed by atoms with E-state index in [2.05, 4.69) is 10.4 Å². The lowest BCUT2D eigenvalue weighted by atomic mass is 10.2. The summed E-state index contributed by atoms with van der Waals surface area (Å²) in [5.74, 6) is -0.639. The van der Waals surface area contributed by atoms with Crippen molar-refractivity contribution in [1.29, 1.82) is 0 Å². The molecule has 3 heterocycles. The molecule has 4 rings (SSSR count). The second-order valence-electron chi connectivity index (χ2n) is 7.93. The van der Waals surface area contributed by atoms with Crippen LogP contribution in [0.2, 0.25) is 0 Å². The fraction of sp³-hybridized carbons (Fsp3) is 0.476. The summed E-state index contributed by atoms with van der Waals surface area (Å²) in [6.45, 7) is 5.22. The quantitative estimate of drug-likeness (QED) is 0.693. The summed E-state index contributed by atoms with van der Waals surface area (Å²) >= 11 is 0. The molecule has 9 nitrogen and oxygen atoms in total. The smallest absolute Gasteiger partial charge is 0.414 e. The number of carbonyl (C=O) groups is 2. The van der Waals surface area contributed by atoms with Gasteiger partial charge in [0.2, 0.25) is 5.91 Å². The van der Waals surface area contributed by atoms with Crippen molar-refractivity contribution in [3.63, 3.8) is 0 Å². The number of amides is 2. The van der Waals surface area contributed by atoms with Crippen LogP contribution in [0.25, 0.3) is 0 Å². The van der Waals surface area contributed by atoms with Gasteiger partial charge in [-0.2, -0.15) is 5.10 Å². The molecule has 2 amide bonds. The normalized spacial score (nSPS) is 18.8. The Morgan fingerprint density at radius 1 is 1.42 bits per heavy atom. The van der Waals surface area contributed by atoms with Crippen LogP contribution in [0.1, 0.15) is 31.5 Å². The minimum Gasteiger partial charge on any atom is -0.442 e. The van der Waals surface area contributed by atoms with Crippen LogP contribution in [-0.4, -0.2) is 52.2 Å². The van der Waals surface area contributed by atoms with Crippen LogP contribution in [0.15, 0.2) is 24.4 Å². The zero-order chi connectivity index (χ0) is 22.1. The van der Waals surface area contributed by atoms with Gasteiger partial charge in [-0.1, -0.05) is 6.92 Å². The van der Waals surface area contributed by atoms with Gasteiger partial charge in [0.25, 0.3) is 0 Å². The van der Waals surface area contributed by atoms with E-state index in [9.17, 15) is 19.1 Å². The van der Waals surface area contributed by atoms with Crippen molar-refractivity contribution in [2.45, 2.75) is 52.1 Å². The maximum atomic E-state index is 14.9. The number of nitrogens with one attached hydrogen (secondary N) is 1. The van der Waals surface area contributed by atoms with Crippen molar-refractivity contribution >= 4 is 23.4 Å². The number of nitrogens with zero attached hydrogens (tertiary/aromatic N) is 4. The molecule has 2 unspecified atom stereocenters. The Morgan fingerprint density at radius 2 is 2.23 bits per heavy atom. The van der Waals surface area contributed by atoms with E-state index in [1.54, 1.807) is 16.8 Å². The predicted molar refractivity (Wildman–Crippen MR) is 111 cm³/mol. The second-order valence-corrected chi connectivity index (χ2v) is 7.93. The van der Waals surface area contributed by atoms with Crippen LogP contribution in [0.4, 0.5) is 20.6 Å². The maximum absolute atomic E-state index is 14.9. The molecule has 1 fully saturated rings. The fourth-order valence-corrected chi connectivity index (χ4v) is 3.84. The Balaban J connectivity index is 1.42. The number of halogens is 1. The Labute approximate surface area is 179 Å². The molecule has 2 aliphatic rings. The van der Waals surface area contributed by atoms with Crippen molar-refractivity contribution in [2.75, 3.05) is 22.9 Å². The summed E-state index contributed by atoms with van der Waals surface area (Å²) in [6.07, 6.45) is 1.09. The summed E-state index contributed by atoms with van der Waals surface area (Å²) in [5.41, 5.74) is 2.72. The van der Waals surface area contributed by atoms with Crippen molar-refractivity contribution in [2.24, 2.45) is 0 Å². The summed E-state index contributed by atoms with van der Waals surface area (Å²) in [7, 11) is 0. The molecular formula is C21H26FN5O4. The van der Waals surface area contributed by atoms with Crippen molar-refractivity contribution in [1.82, 2.24) is 15.1 Å². The predicted octanol–water partition coefficient (Wildman–Crippen LogP) is 1.77. The molecular weight excluding hydrogens is 405 g/mol. The number of carbonyl (C=O) groups excluding carboxylic acids is 2. The highest BCUT2D eigenvalue weighted by molar-refractivity contribution is 5.90. The van der Waals surface area contributed by atoms with E-state index in [1.807, 2.05) is 18.0 Å². The minimum absolute atomic E-state index is 0.204. The number of aromatic nitrogens is 2. The summed E-state index contributed by atoms with van der Waals surface area (Å²) in [4.78, 5) is 26.5. The number of hydrogen-bond acceptors (Lipinski definition) is 6. The third-order valence-electron chi connectivity index (χ3n) is 5.53. The SMILES string of the molecule is CCC(O)Cn1cc2c(n1)CN(c1ccc(N3CC(CNC(C)=O)OC3=O)cc1F)C2. The fourth-order valence-electron chi connectivity index (χ4n) is 3.84. The molecule has 1 aromatic heterocycles. The van der Waals surface area contributed by atoms with E-state index in [0.717, 1.165) is 11.3 Å². The van der Waals surface area contributed by atoms with Crippen molar-refractivity contribution in [3.8, 4) is 0 Å². The van der Waals surface area contributed by atoms with Crippen LogP contribution in [0.5, 0.6) is 0 Å². The average molecular weight is 431 g/mol. The topological polar surface area (TPSA) is 99.9 Å². The standard InChI is InChI=1S/C21H26FN5O4/c1-3-16(29)10-26-9-14-8-25(12-19(14)24-26)20-5-4-15(6-18(20)22)27-11-17(31-21(27)30)7-23-13(2)28/h4-6,9,16-17,29H,3,7-8,10-12H2,1-2H3,(H,23,28).